The van der Waals surface area contributed by atoms with E-state index in [1.807, 2.05) is 6.92 Å². The first kappa shape index (κ1) is 24.4. The predicted molar refractivity (Wildman–Crippen MR) is 123 cm³/mol. The number of methoxy groups -OCH3 is 1. The molecule has 0 saturated carbocycles. The van der Waals surface area contributed by atoms with E-state index in [-0.39, 0.29) is 17.2 Å². The van der Waals surface area contributed by atoms with Crippen molar-refractivity contribution in [2.24, 2.45) is 0 Å². The highest BCUT2D eigenvalue weighted by molar-refractivity contribution is 6.36. The number of aromatic nitrogens is 1. The van der Waals surface area contributed by atoms with Gasteiger partial charge >= 0.3 is 5.97 Å². The lowest BCUT2D eigenvalue weighted by molar-refractivity contribution is -0.123. The molecule has 1 atom stereocenters. The van der Waals surface area contributed by atoms with Crippen LogP contribution in [0.4, 0.5) is 5.69 Å². The fourth-order valence-corrected chi connectivity index (χ4v) is 3.33. The number of carbonyl (C=O) groups is 2. The number of ether oxygens (including phenoxy) is 3. The van der Waals surface area contributed by atoms with Gasteiger partial charge in [-0.2, -0.15) is 0 Å². The minimum absolute atomic E-state index is 0.195. The van der Waals surface area contributed by atoms with Gasteiger partial charge in [-0.1, -0.05) is 28.4 Å². The number of benzene rings is 2. The monoisotopic (exact) mass is 492 g/mol. The molecule has 0 fully saturated rings. The lowest BCUT2D eigenvalue weighted by Crippen LogP contribution is -2.30. The smallest absolute Gasteiger partial charge is 0.339 e. The van der Waals surface area contributed by atoms with Gasteiger partial charge in [0.1, 0.15) is 12.4 Å². The molecule has 0 aliphatic carbocycles. The molecule has 3 rings (SSSR count). The van der Waals surface area contributed by atoms with Crippen molar-refractivity contribution in [1.29, 1.82) is 0 Å². The van der Waals surface area contributed by atoms with Gasteiger partial charge in [-0.3, -0.25) is 4.79 Å². The van der Waals surface area contributed by atoms with Crippen LogP contribution < -0.4 is 14.8 Å². The second-order valence-corrected chi connectivity index (χ2v) is 7.96. The summed E-state index contributed by atoms with van der Waals surface area (Å²) >= 11 is 11.9. The number of nitrogens with zero attached hydrogens (tertiary/aromatic N) is 1. The van der Waals surface area contributed by atoms with Gasteiger partial charge in [0, 0.05) is 5.02 Å². The first-order valence-corrected chi connectivity index (χ1v) is 10.6. The van der Waals surface area contributed by atoms with Crippen molar-refractivity contribution in [2.45, 2.75) is 33.5 Å². The van der Waals surface area contributed by atoms with Crippen molar-refractivity contribution in [2.75, 3.05) is 12.4 Å². The third-order valence-electron chi connectivity index (χ3n) is 4.79. The molecular weight excluding hydrogens is 471 g/mol. The Hall–Kier alpha value is -3.23. The van der Waals surface area contributed by atoms with Crippen LogP contribution >= 0.6 is 23.2 Å². The molecule has 1 N–H and O–H groups in total. The Morgan fingerprint density at radius 2 is 1.88 bits per heavy atom. The van der Waals surface area contributed by atoms with Crippen LogP contribution in [0.3, 0.4) is 0 Å². The molecule has 1 amide bonds. The van der Waals surface area contributed by atoms with Crippen LogP contribution in [0.1, 0.15) is 34.3 Å². The first-order chi connectivity index (χ1) is 15.7. The van der Waals surface area contributed by atoms with Gasteiger partial charge in [-0.25, -0.2) is 4.79 Å². The molecule has 8 nitrogen and oxygen atoms in total. The van der Waals surface area contributed by atoms with Crippen molar-refractivity contribution in [3.63, 3.8) is 0 Å². The van der Waals surface area contributed by atoms with E-state index in [9.17, 15) is 9.59 Å². The maximum Gasteiger partial charge on any atom is 0.339 e. The normalized spacial score (nSPS) is 11.6. The molecule has 0 saturated heterocycles. The number of rotatable bonds is 8. The van der Waals surface area contributed by atoms with E-state index in [0.717, 1.165) is 11.3 Å². The van der Waals surface area contributed by atoms with Crippen LogP contribution in [-0.4, -0.2) is 30.2 Å². The summed E-state index contributed by atoms with van der Waals surface area (Å²) in [5.74, 6) is 0.187. The molecule has 33 heavy (non-hydrogen) atoms. The Morgan fingerprint density at radius 3 is 2.52 bits per heavy atom. The van der Waals surface area contributed by atoms with Crippen molar-refractivity contribution in [3.8, 4) is 11.5 Å². The highest BCUT2D eigenvalue weighted by atomic mass is 35.5. The van der Waals surface area contributed by atoms with Gasteiger partial charge in [-0.15, -0.1) is 0 Å². The minimum atomic E-state index is -1.08. The molecule has 0 spiro atoms. The largest absolute Gasteiger partial charge is 0.493 e. The zero-order valence-corrected chi connectivity index (χ0v) is 19.9. The number of nitrogens with one attached hydrogen (secondary N) is 1. The molecule has 1 aromatic heterocycles. The average molecular weight is 493 g/mol. The molecule has 0 aliphatic heterocycles. The van der Waals surface area contributed by atoms with Crippen LogP contribution in [0.2, 0.25) is 10.0 Å². The third-order valence-corrected chi connectivity index (χ3v) is 5.34. The fourth-order valence-electron chi connectivity index (χ4n) is 2.88. The topological polar surface area (TPSA) is 99.9 Å². The van der Waals surface area contributed by atoms with Gasteiger partial charge in [0.25, 0.3) is 5.91 Å². The molecule has 0 bridgehead atoms. The van der Waals surface area contributed by atoms with Crippen molar-refractivity contribution in [3.05, 3.63) is 69.0 Å². The molecule has 1 unspecified atom stereocenters. The van der Waals surface area contributed by atoms with Crippen LogP contribution in [0.15, 0.2) is 40.9 Å². The number of esters is 1. The molecule has 0 aliphatic rings. The molecule has 10 heteroatoms. The van der Waals surface area contributed by atoms with Crippen molar-refractivity contribution < 1.29 is 28.3 Å². The van der Waals surface area contributed by atoms with E-state index in [4.69, 9.17) is 41.9 Å². The Morgan fingerprint density at radius 1 is 1.12 bits per heavy atom. The van der Waals surface area contributed by atoms with Gasteiger partial charge in [0.05, 0.1) is 34.6 Å². The lowest BCUT2D eigenvalue weighted by atomic mass is 10.2. The maximum atomic E-state index is 12.6. The second-order valence-electron chi connectivity index (χ2n) is 7.12. The summed E-state index contributed by atoms with van der Waals surface area (Å²) in [6.45, 7) is 5.30. The first-order valence-electron chi connectivity index (χ1n) is 9.89. The fraction of sp³-hybridized carbons (Fsp3) is 0.261. The van der Waals surface area contributed by atoms with E-state index < -0.39 is 18.0 Å². The van der Waals surface area contributed by atoms with Crippen LogP contribution in [0.25, 0.3) is 0 Å². The Bertz CT molecular complexity index is 1160. The van der Waals surface area contributed by atoms with E-state index in [2.05, 4.69) is 10.5 Å². The SMILES string of the molecule is COc1cc(C(=O)OC(C)C(=O)Nc2ccc(Cl)cc2Cl)ccc1OCc1c(C)noc1C. The third kappa shape index (κ3) is 5.97. The number of aryl methyl sites for hydroxylation is 2. The van der Waals surface area contributed by atoms with Gasteiger partial charge in [-0.05, 0) is 57.2 Å². The van der Waals surface area contributed by atoms with E-state index in [1.54, 1.807) is 25.1 Å². The van der Waals surface area contributed by atoms with Crippen molar-refractivity contribution >= 4 is 40.8 Å². The zero-order valence-electron chi connectivity index (χ0n) is 18.4. The molecular formula is C23H22Cl2N2O6. The number of amides is 1. The minimum Gasteiger partial charge on any atom is -0.493 e. The number of hydrogen-bond acceptors (Lipinski definition) is 7. The number of hydrogen-bond donors (Lipinski definition) is 1. The van der Waals surface area contributed by atoms with Gasteiger partial charge in [0.15, 0.2) is 17.6 Å². The number of halogens is 2. The quantitative estimate of drug-likeness (QED) is 0.421. The highest BCUT2D eigenvalue weighted by Crippen LogP contribution is 2.30. The zero-order chi connectivity index (χ0) is 24.1. The van der Waals surface area contributed by atoms with E-state index >= 15 is 0 Å². The summed E-state index contributed by atoms with van der Waals surface area (Å²) in [6.07, 6.45) is -1.08. The summed E-state index contributed by atoms with van der Waals surface area (Å²) < 4.78 is 21.6. The van der Waals surface area contributed by atoms with Crippen LogP contribution in [0, 0.1) is 13.8 Å². The van der Waals surface area contributed by atoms with Crippen LogP contribution in [-0.2, 0) is 16.1 Å². The standard InChI is InChI=1S/C23H22Cl2N2O6/c1-12-17(13(2)33-27-12)11-31-20-8-5-15(9-21(20)30-4)23(29)32-14(3)22(28)26-19-7-6-16(24)10-18(19)25/h5-10,14H,11H2,1-4H3,(H,26,28). The molecule has 174 valence electrons. The second kappa shape index (κ2) is 10.6. The summed E-state index contributed by atoms with van der Waals surface area (Å²) in [4.78, 5) is 25.0. The average Bonchev–Trinajstić information content (AvgIpc) is 3.11. The summed E-state index contributed by atoms with van der Waals surface area (Å²) in [7, 11) is 1.46. The Labute approximate surface area is 200 Å². The predicted octanol–water partition coefficient (Wildman–Crippen LogP) is 5.37. The number of anilines is 1. The van der Waals surface area contributed by atoms with Gasteiger partial charge < -0.3 is 24.1 Å². The lowest BCUT2D eigenvalue weighted by Gasteiger charge is -2.15. The van der Waals surface area contributed by atoms with E-state index in [1.165, 1.54) is 32.2 Å². The van der Waals surface area contributed by atoms with Crippen LogP contribution in [0.5, 0.6) is 11.5 Å². The molecule has 0 radical (unpaired) electrons. The van der Waals surface area contributed by atoms with E-state index in [0.29, 0.717) is 28.0 Å². The summed E-state index contributed by atoms with van der Waals surface area (Å²) in [6, 6.07) is 9.23. The molecule has 2 aromatic carbocycles. The summed E-state index contributed by atoms with van der Waals surface area (Å²) in [5.41, 5.74) is 2.12. The maximum absolute atomic E-state index is 12.6. The summed E-state index contributed by atoms with van der Waals surface area (Å²) in [5, 5.41) is 7.20. The Balaban J connectivity index is 1.64. The number of carbonyl (C=O) groups excluding carboxylic acids is 2. The highest BCUT2D eigenvalue weighted by Gasteiger charge is 2.21. The molecule has 1 heterocycles. The molecule has 3 aromatic rings. The Kier molecular flexibility index (Phi) is 7.84. The van der Waals surface area contributed by atoms with Crippen molar-refractivity contribution in [1.82, 2.24) is 5.16 Å². The van der Waals surface area contributed by atoms with Gasteiger partial charge in [0.2, 0.25) is 0 Å².